The van der Waals surface area contributed by atoms with E-state index in [2.05, 4.69) is 4.74 Å². The molecular weight excluding hydrogens is 335 g/mol. The molecule has 0 aromatic heterocycles. The molecule has 1 unspecified atom stereocenters. The van der Waals surface area contributed by atoms with Gasteiger partial charge in [-0.25, -0.2) is 8.42 Å². The number of nitrogens with zero attached hydrogens (tertiary/aromatic N) is 1. The van der Waals surface area contributed by atoms with Crippen LogP contribution in [0.1, 0.15) is 6.42 Å². The summed E-state index contributed by atoms with van der Waals surface area (Å²) >= 11 is 0. The molecule has 0 radical (unpaired) electrons. The summed E-state index contributed by atoms with van der Waals surface area (Å²) in [5.74, 6) is -0.895. The molecule has 0 saturated carbocycles. The Balaban J connectivity index is 2.14. The number of rotatable bonds is 3. The molecule has 1 aliphatic heterocycles. The van der Waals surface area contributed by atoms with E-state index in [1.54, 1.807) is 0 Å². The lowest BCUT2D eigenvalue weighted by molar-refractivity contribution is -0.274. The molecule has 0 aliphatic carbocycles. The fourth-order valence-electron chi connectivity index (χ4n) is 1.94. The Labute approximate surface area is 122 Å². The summed E-state index contributed by atoms with van der Waals surface area (Å²) in [6, 6.07) is 4.56. The van der Waals surface area contributed by atoms with Gasteiger partial charge in [0.15, 0.2) is 0 Å². The minimum atomic E-state index is -4.80. The Hall–Kier alpha value is -1.48. The Bertz CT molecular complexity index is 644. The van der Waals surface area contributed by atoms with E-state index in [9.17, 15) is 26.4 Å². The van der Waals surface area contributed by atoms with Gasteiger partial charge in [-0.1, -0.05) is 0 Å². The van der Waals surface area contributed by atoms with Gasteiger partial charge < -0.3 is 9.64 Å². The fraction of sp³-hybridized carbons (Fsp3) is 0.364. The molecule has 5 nitrogen and oxygen atoms in total. The molecule has 0 spiro atoms. The summed E-state index contributed by atoms with van der Waals surface area (Å²) in [4.78, 5) is 12.9. The lowest BCUT2D eigenvalue weighted by Crippen LogP contribution is -2.26. The highest BCUT2D eigenvalue weighted by Crippen LogP contribution is 2.29. The third-order valence-electron chi connectivity index (χ3n) is 2.87. The number of amides is 1. The summed E-state index contributed by atoms with van der Waals surface area (Å²) in [6.45, 7) is -0.135. The van der Waals surface area contributed by atoms with E-state index in [4.69, 9.17) is 10.7 Å². The Morgan fingerprint density at radius 3 is 2.24 bits per heavy atom. The van der Waals surface area contributed by atoms with Gasteiger partial charge in [-0.2, -0.15) is 0 Å². The monoisotopic (exact) mass is 343 g/mol. The molecule has 0 bridgehead atoms. The smallest absolute Gasteiger partial charge is 0.406 e. The minimum absolute atomic E-state index is 0.135. The highest BCUT2D eigenvalue weighted by atomic mass is 35.7. The van der Waals surface area contributed by atoms with Crippen LogP contribution in [0.5, 0.6) is 5.75 Å². The van der Waals surface area contributed by atoms with Gasteiger partial charge in [0.25, 0.3) is 0 Å². The highest BCUT2D eigenvalue weighted by molar-refractivity contribution is 8.14. The van der Waals surface area contributed by atoms with Crippen LogP contribution in [0.2, 0.25) is 0 Å². The summed E-state index contributed by atoms with van der Waals surface area (Å²) < 4.78 is 62.2. The second-order valence-electron chi connectivity index (χ2n) is 4.35. The van der Waals surface area contributed by atoms with Gasteiger partial charge in [0.2, 0.25) is 15.0 Å². The lowest BCUT2D eigenvalue weighted by atomic mass is 10.3. The second kappa shape index (κ2) is 5.38. The van der Waals surface area contributed by atoms with Gasteiger partial charge in [0, 0.05) is 29.3 Å². The van der Waals surface area contributed by atoms with Crippen molar-refractivity contribution in [2.45, 2.75) is 18.0 Å². The number of alkyl halides is 3. The van der Waals surface area contributed by atoms with Crippen LogP contribution in [-0.4, -0.2) is 32.5 Å². The molecule has 1 aromatic carbocycles. The molecule has 1 saturated heterocycles. The average Bonchev–Trinajstić information content (AvgIpc) is 2.70. The Kier molecular flexibility index (Phi) is 4.07. The first-order valence-corrected chi connectivity index (χ1v) is 8.03. The van der Waals surface area contributed by atoms with Crippen LogP contribution in [0.15, 0.2) is 24.3 Å². The maximum Gasteiger partial charge on any atom is 0.573 e. The van der Waals surface area contributed by atoms with Crippen molar-refractivity contribution in [3.05, 3.63) is 24.3 Å². The predicted molar refractivity (Wildman–Crippen MR) is 68.7 cm³/mol. The number of carbonyl (C=O) groups is 1. The summed E-state index contributed by atoms with van der Waals surface area (Å²) in [5, 5.41) is -1.03. The molecule has 1 aliphatic rings. The number of hydrogen-bond acceptors (Lipinski definition) is 4. The lowest BCUT2D eigenvalue weighted by Gasteiger charge is -2.17. The van der Waals surface area contributed by atoms with Crippen LogP contribution in [0.3, 0.4) is 0 Å². The Morgan fingerprint density at radius 1 is 1.24 bits per heavy atom. The van der Waals surface area contributed by atoms with Crippen LogP contribution < -0.4 is 9.64 Å². The summed E-state index contributed by atoms with van der Waals surface area (Å²) in [5.41, 5.74) is 0.275. The van der Waals surface area contributed by atoms with Gasteiger partial charge >= 0.3 is 6.36 Å². The summed E-state index contributed by atoms with van der Waals surface area (Å²) in [6.07, 6.45) is -5.06. The first kappa shape index (κ1) is 15.9. The molecule has 116 valence electrons. The van der Waals surface area contributed by atoms with E-state index in [0.29, 0.717) is 0 Å². The molecule has 1 heterocycles. The van der Waals surface area contributed by atoms with Crippen molar-refractivity contribution in [2.75, 3.05) is 11.4 Å². The van der Waals surface area contributed by atoms with Gasteiger partial charge in [0.1, 0.15) is 11.0 Å². The van der Waals surface area contributed by atoms with Crippen molar-refractivity contribution < 1.29 is 31.1 Å². The number of benzene rings is 1. The number of anilines is 1. The molecule has 1 amide bonds. The first-order chi connectivity index (χ1) is 9.56. The van der Waals surface area contributed by atoms with E-state index in [0.717, 1.165) is 17.0 Å². The Morgan fingerprint density at radius 2 is 1.81 bits per heavy atom. The SMILES string of the molecule is O=C1CC(S(=O)(=O)Cl)CN1c1ccc(OC(F)(F)F)cc1. The number of ether oxygens (including phenoxy) is 1. The van der Waals surface area contributed by atoms with Gasteiger partial charge in [-0.15, -0.1) is 13.2 Å². The van der Waals surface area contributed by atoms with E-state index in [1.807, 2.05) is 0 Å². The van der Waals surface area contributed by atoms with Crippen LogP contribution in [0, 0.1) is 0 Å². The highest BCUT2D eigenvalue weighted by Gasteiger charge is 2.38. The van der Waals surface area contributed by atoms with Crippen molar-refractivity contribution in [1.29, 1.82) is 0 Å². The molecule has 1 aromatic rings. The van der Waals surface area contributed by atoms with Crippen molar-refractivity contribution in [3.8, 4) is 5.75 Å². The topological polar surface area (TPSA) is 63.7 Å². The number of hydrogen-bond donors (Lipinski definition) is 0. The normalized spacial score (nSPS) is 19.9. The van der Waals surface area contributed by atoms with Crippen molar-refractivity contribution in [2.24, 2.45) is 0 Å². The third kappa shape index (κ3) is 4.01. The zero-order valence-electron chi connectivity index (χ0n) is 10.3. The van der Waals surface area contributed by atoms with Gasteiger partial charge in [0.05, 0.1) is 0 Å². The van der Waals surface area contributed by atoms with Crippen LogP contribution in [0.4, 0.5) is 18.9 Å². The fourth-order valence-corrected chi connectivity index (χ4v) is 2.97. The van der Waals surface area contributed by atoms with E-state index in [-0.39, 0.29) is 18.7 Å². The molecule has 10 heteroatoms. The number of halogens is 4. The van der Waals surface area contributed by atoms with Crippen LogP contribution in [0.25, 0.3) is 0 Å². The largest absolute Gasteiger partial charge is 0.573 e. The van der Waals surface area contributed by atoms with Crippen molar-refractivity contribution >= 4 is 31.3 Å². The first-order valence-electron chi connectivity index (χ1n) is 5.66. The van der Waals surface area contributed by atoms with E-state index < -0.39 is 32.3 Å². The molecule has 1 fully saturated rings. The predicted octanol–water partition coefficient (Wildman–Crippen LogP) is 2.26. The van der Waals surface area contributed by atoms with E-state index >= 15 is 0 Å². The molecule has 0 N–H and O–H groups in total. The second-order valence-corrected chi connectivity index (χ2v) is 7.26. The molecular formula is C11H9ClF3NO4S. The third-order valence-corrected chi connectivity index (χ3v) is 4.74. The van der Waals surface area contributed by atoms with Crippen molar-refractivity contribution in [3.63, 3.8) is 0 Å². The number of carbonyl (C=O) groups excluding carboxylic acids is 1. The summed E-state index contributed by atoms with van der Waals surface area (Å²) in [7, 11) is 1.33. The minimum Gasteiger partial charge on any atom is -0.406 e. The molecule has 1 atom stereocenters. The molecule has 2 rings (SSSR count). The maximum atomic E-state index is 12.0. The molecule has 21 heavy (non-hydrogen) atoms. The van der Waals surface area contributed by atoms with Gasteiger partial charge in [-0.3, -0.25) is 4.79 Å². The zero-order valence-corrected chi connectivity index (χ0v) is 11.9. The standard InChI is InChI=1S/C11H9ClF3NO4S/c12-21(18,19)9-5-10(17)16(6-9)7-1-3-8(4-2-7)20-11(13,14)15/h1-4,9H,5-6H2. The zero-order chi connectivity index (χ0) is 15.8. The maximum absolute atomic E-state index is 12.0. The van der Waals surface area contributed by atoms with Crippen LogP contribution >= 0.6 is 10.7 Å². The van der Waals surface area contributed by atoms with Crippen LogP contribution in [-0.2, 0) is 13.8 Å². The average molecular weight is 344 g/mol. The van der Waals surface area contributed by atoms with E-state index in [1.165, 1.54) is 12.1 Å². The van der Waals surface area contributed by atoms with Gasteiger partial charge in [-0.05, 0) is 24.3 Å². The van der Waals surface area contributed by atoms with Crippen molar-refractivity contribution in [1.82, 2.24) is 0 Å². The quantitative estimate of drug-likeness (QED) is 0.790.